The summed E-state index contributed by atoms with van der Waals surface area (Å²) in [5.41, 5.74) is 3.49. The third-order valence-corrected chi connectivity index (χ3v) is 3.04. The van der Waals surface area contributed by atoms with Crippen LogP contribution in [0.15, 0.2) is 18.2 Å². The molecule has 2 nitrogen and oxygen atoms in total. The van der Waals surface area contributed by atoms with E-state index in [0.717, 1.165) is 36.8 Å². The van der Waals surface area contributed by atoms with Crippen LogP contribution in [0.5, 0.6) is 0 Å². The predicted molar refractivity (Wildman–Crippen MR) is 58.3 cm³/mol. The van der Waals surface area contributed by atoms with Crippen molar-refractivity contribution in [1.29, 1.82) is 0 Å². The number of halogens is 1. The molecule has 1 aromatic heterocycles. The molecule has 0 fully saturated rings. The van der Waals surface area contributed by atoms with Gasteiger partial charge in [0.2, 0.25) is 0 Å². The van der Waals surface area contributed by atoms with Gasteiger partial charge in [0.1, 0.15) is 5.82 Å². The number of aryl methyl sites for hydroxylation is 1. The Morgan fingerprint density at radius 2 is 2.20 bits per heavy atom. The first-order valence-corrected chi connectivity index (χ1v) is 5.34. The lowest BCUT2D eigenvalue weighted by atomic mass is 10.1. The van der Waals surface area contributed by atoms with Gasteiger partial charge in [-0.05, 0) is 43.1 Å². The number of rotatable bonds is 0. The first kappa shape index (κ1) is 8.92. The summed E-state index contributed by atoms with van der Waals surface area (Å²) in [7, 11) is 0. The Kier molecular flexibility index (Phi) is 1.99. The quantitative estimate of drug-likeness (QED) is 0.677. The van der Waals surface area contributed by atoms with Crippen LogP contribution >= 0.6 is 0 Å². The van der Waals surface area contributed by atoms with Crippen LogP contribution in [-0.4, -0.2) is 11.5 Å². The van der Waals surface area contributed by atoms with Gasteiger partial charge in [0.05, 0.1) is 0 Å². The van der Waals surface area contributed by atoms with Crippen molar-refractivity contribution >= 4 is 10.9 Å². The lowest BCUT2D eigenvalue weighted by molar-refractivity contribution is 0.629. The van der Waals surface area contributed by atoms with E-state index in [0.29, 0.717) is 0 Å². The second-order valence-electron chi connectivity index (χ2n) is 4.05. The minimum atomic E-state index is -0.174. The number of benzene rings is 1. The highest BCUT2D eigenvalue weighted by Gasteiger charge is 2.13. The summed E-state index contributed by atoms with van der Waals surface area (Å²) in [5, 5.41) is 4.54. The zero-order valence-corrected chi connectivity index (χ0v) is 8.44. The van der Waals surface area contributed by atoms with Crippen LogP contribution in [0, 0.1) is 5.82 Å². The number of aromatic amines is 1. The van der Waals surface area contributed by atoms with Crippen LogP contribution in [-0.2, 0) is 13.0 Å². The van der Waals surface area contributed by atoms with Gasteiger partial charge in [0.15, 0.2) is 0 Å². The Bertz CT molecular complexity index is 502. The molecule has 0 amide bonds. The first-order chi connectivity index (χ1) is 7.34. The number of H-pyrrole nitrogens is 1. The smallest absolute Gasteiger partial charge is 0.125 e. The summed E-state index contributed by atoms with van der Waals surface area (Å²) in [6, 6.07) is 4.97. The maximum absolute atomic E-state index is 13.0. The van der Waals surface area contributed by atoms with Gasteiger partial charge in [0, 0.05) is 23.1 Å². The van der Waals surface area contributed by atoms with E-state index in [9.17, 15) is 4.39 Å². The molecule has 3 heteroatoms. The molecule has 15 heavy (non-hydrogen) atoms. The second kappa shape index (κ2) is 3.35. The molecule has 0 spiro atoms. The van der Waals surface area contributed by atoms with Gasteiger partial charge in [-0.3, -0.25) is 0 Å². The van der Waals surface area contributed by atoms with Gasteiger partial charge in [-0.15, -0.1) is 0 Å². The van der Waals surface area contributed by atoms with Crippen LogP contribution in [0.3, 0.4) is 0 Å². The molecule has 0 atom stereocenters. The number of fused-ring (bicyclic) bond motifs is 3. The Labute approximate surface area is 87.5 Å². The van der Waals surface area contributed by atoms with E-state index in [4.69, 9.17) is 0 Å². The van der Waals surface area contributed by atoms with Crippen molar-refractivity contribution in [2.45, 2.75) is 19.4 Å². The Morgan fingerprint density at radius 3 is 3.13 bits per heavy atom. The third-order valence-electron chi connectivity index (χ3n) is 3.04. The number of aromatic nitrogens is 1. The number of hydrogen-bond acceptors (Lipinski definition) is 1. The fourth-order valence-electron chi connectivity index (χ4n) is 2.30. The van der Waals surface area contributed by atoms with Crippen molar-refractivity contribution in [2.24, 2.45) is 0 Å². The van der Waals surface area contributed by atoms with Crippen LogP contribution in [0.25, 0.3) is 10.9 Å². The fraction of sp³-hybridized carbons (Fsp3) is 0.333. The first-order valence-electron chi connectivity index (χ1n) is 5.34. The maximum atomic E-state index is 13.0. The van der Waals surface area contributed by atoms with E-state index in [1.807, 2.05) is 6.07 Å². The van der Waals surface area contributed by atoms with E-state index in [-0.39, 0.29) is 5.82 Å². The predicted octanol–water partition coefficient (Wildman–Crippen LogP) is 2.34. The van der Waals surface area contributed by atoms with E-state index >= 15 is 0 Å². The van der Waals surface area contributed by atoms with Crippen molar-refractivity contribution in [2.75, 3.05) is 6.54 Å². The molecule has 0 bridgehead atoms. The summed E-state index contributed by atoms with van der Waals surface area (Å²) in [6.07, 6.45) is 2.20. The minimum absolute atomic E-state index is 0.174. The normalized spacial score (nSPS) is 16.3. The molecule has 0 saturated heterocycles. The van der Waals surface area contributed by atoms with Crippen LogP contribution in [0.2, 0.25) is 0 Å². The molecule has 1 aliphatic rings. The minimum Gasteiger partial charge on any atom is -0.358 e. The number of nitrogens with one attached hydrogen (secondary N) is 2. The molecule has 1 aliphatic heterocycles. The van der Waals surface area contributed by atoms with Crippen LogP contribution in [0.4, 0.5) is 4.39 Å². The van der Waals surface area contributed by atoms with Crippen molar-refractivity contribution in [3.8, 4) is 0 Å². The fourth-order valence-corrected chi connectivity index (χ4v) is 2.30. The highest BCUT2D eigenvalue weighted by atomic mass is 19.1. The van der Waals surface area contributed by atoms with Crippen molar-refractivity contribution in [3.63, 3.8) is 0 Å². The molecular weight excluding hydrogens is 191 g/mol. The van der Waals surface area contributed by atoms with Crippen molar-refractivity contribution in [3.05, 3.63) is 35.3 Å². The standard InChI is InChI=1S/C12H13FN2/c13-8-3-4-9-10-7-14-5-1-2-11(10)15-12(9)6-8/h3-4,6,14-15H,1-2,5,7H2. The van der Waals surface area contributed by atoms with Crippen LogP contribution < -0.4 is 5.32 Å². The number of hydrogen-bond donors (Lipinski definition) is 2. The van der Waals surface area contributed by atoms with Crippen LogP contribution in [0.1, 0.15) is 17.7 Å². The average Bonchev–Trinajstić information content (AvgIpc) is 2.42. The molecule has 2 heterocycles. The van der Waals surface area contributed by atoms with E-state index < -0.39 is 0 Å². The second-order valence-corrected chi connectivity index (χ2v) is 4.05. The third kappa shape index (κ3) is 1.43. The molecule has 2 N–H and O–H groups in total. The Morgan fingerprint density at radius 1 is 1.27 bits per heavy atom. The lowest BCUT2D eigenvalue weighted by Crippen LogP contribution is -2.11. The highest BCUT2D eigenvalue weighted by molar-refractivity contribution is 5.84. The van der Waals surface area contributed by atoms with Gasteiger partial charge in [-0.25, -0.2) is 4.39 Å². The monoisotopic (exact) mass is 204 g/mol. The summed E-state index contributed by atoms with van der Waals surface area (Å²) in [4.78, 5) is 3.32. The van der Waals surface area contributed by atoms with Crippen molar-refractivity contribution < 1.29 is 4.39 Å². The van der Waals surface area contributed by atoms with Crippen molar-refractivity contribution in [1.82, 2.24) is 10.3 Å². The van der Waals surface area contributed by atoms with Gasteiger partial charge in [0.25, 0.3) is 0 Å². The van der Waals surface area contributed by atoms with E-state index in [1.54, 1.807) is 6.07 Å². The van der Waals surface area contributed by atoms with E-state index in [1.165, 1.54) is 17.3 Å². The molecular formula is C12H13FN2. The highest BCUT2D eigenvalue weighted by Crippen LogP contribution is 2.25. The molecule has 1 aromatic carbocycles. The Balaban J connectivity index is 2.23. The maximum Gasteiger partial charge on any atom is 0.125 e. The van der Waals surface area contributed by atoms with Gasteiger partial charge < -0.3 is 10.3 Å². The summed E-state index contributed by atoms with van der Waals surface area (Å²) in [6.45, 7) is 1.95. The van der Waals surface area contributed by atoms with Gasteiger partial charge in [-0.1, -0.05) is 0 Å². The van der Waals surface area contributed by atoms with Gasteiger partial charge >= 0.3 is 0 Å². The summed E-state index contributed by atoms with van der Waals surface area (Å²) >= 11 is 0. The molecule has 2 aromatic rings. The topological polar surface area (TPSA) is 27.8 Å². The van der Waals surface area contributed by atoms with Gasteiger partial charge in [-0.2, -0.15) is 0 Å². The molecule has 3 rings (SSSR count). The summed E-state index contributed by atoms with van der Waals surface area (Å²) in [5.74, 6) is -0.174. The molecule has 0 aliphatic carbocycles. The van der Waals surface area contributed by atoms with E-state index in [2.05, 4.69) is 10.3 Å². The zero-order valence-electron chi connectivity index (χ0n) is 8.44. The molecule has 0 saturated carbocycles. The SMILES string of the molecule is Fc1ccc2c3c([nH]c2c1)CCCNC3. The zero-order chi connectivity index (χ0) is 10.3. The average molecular weight is 204 g/mol. The largest absolute Gasteiger partial charge is 0.358 e. The summed E-state index contributed by atoms with van der Waals surface area (Å²) < 4.78 is 13.0. The Hall–Kier alpha value is -1.35. The molecule has 0 radical (unpaired) electrons. The lowest BCUT2D eigenvalue weighted by Gasteiger charge is -1.99. The molecule has 78 valence electrons. The molecule has 0 unspecified atom stereocenters.